The van der Waals surface area contributed by atoms with Gasteiger partial charge >= 0.3 is 0 Å². The molecule has 0 aromatic heterocycles. The third-order valence-corrected chi connectivity index (χ3v) is 4.89. The first-order chi connectivity index (χ1) is 8.34. The Kier molecular flexibility index (Phi) is 3.50. The Hall–Kier alpha value is -0.380. The van der Waals surface area contributed by atoms with Gasteiger partial charge in [-0.05, 0) is 37.4 Å². The summed E-state index contributed by atoms with van der Waals surface area (Å²) in [4.78, 5) is 2.65. The van der Waals surface area contributed by atoms with Crippen LogP contribution in [-0.2, 0) is 6.54 Å². The molecule has 2 aliphatic rings. The van der Waals surface area contributed by atoms with Gasteiger partial charge in [0, 0.05) is 29.6 Å². The Balaban J connectivity index is 1.60. The molecule has 2 aliphatic heterocycles. The van der Waals surface area contributed by atoms with Crippen LogP contribution in [0.1, 0.15) is 24.8 Å². The number of nitrogens with one attached hydrogen (secondary N) is 1. The number of hydrogen-bond donors (Lipinski definition) is 1. The molecule has 2 fully saturated rings. The van der Waals surface area contributed by atoms with E-state index >= 15 is 0 Å². The van der Waals surface area contributed by atoms with Crippen molar-refractivity contribution in [2.24, 2.45) is 0 Å². The van der Waals surface area contributed by atoms with Gasteiger partial charge in [0.2, 0.25) is 0 Å². The van der Waals surface area contributed by atoms with Crippen LogP contribution in [0.25, 0.3) is 0 Å². The molecule has 2 unspecified atom stereocenters. The third-order valence-electron chi connectivity index (χ3n) is 4.12. The SMILES string of the molecule is Brc1ccccc1CNC1CCN2CCCC12. The smallest absolute Gasteiger partial charge is 0.0250 e. The van der Waals surface area contributed by atoms with E-state index in [9.17, 15) is 0 Å². The number of nitrogens with zero attached hydrogens (tertiary/aromatic N) is 1. The monoisotopic (exact) mass is 294 g/mol. The highest BCUT2D eigenvalue weighted by Gasteiger charge is 2.36. The number of fused-ring (bicyclic) bond motifs is 1. The highest BCUT2D eigenvalue weighted by atomic mass is 79.9. The predicted octanol–water partition coefficient (Wildman–Crippen LogP) is 2.78. The summed E-state index contributed by atoms with van der Waals surface area (Å²) in [5.74, 6) is 0. The lowest BCUT2D eigenvalue weighted by molar-refractivity contribution is 0.298. The molecular formula is C14H19BrN2. The second-order valence-corrected chi connectivity index (χ2v) is 5.97. The molecule has 3 heteroatoms. The summed E-state index contributed by atoms with van der Waals surface area (Å²) in [6, 6.07) is 9.99. The van der Waals surface area contributed by atoms with Crippen molar-refractivity contribution in [3.8, 4) is 0 Å². The number of benzene rings is 1. The highest BCUT2D eigenvalue weighted by Crippen LogP contribution is 2.28. The standard InChI is InChI=1S/C14H19BrN2/c15-12-5-2-1-4-11(12)10-16-13-7-9-17-8-3-6-14(13)17/h1-2,4-5,13-14,16H,3,6-10H2. The second kappa shape index (κ2) is 5.09. The highest BCUT2D eigenvalue weighted by molar-refractivity contribution is 9.10. The maximum atomic E-state index is 3.74. The molecule has 0 spiro atoms. The van der Waals surface area contributed by atoms with Crippen molar-refractivity contribution < 1.29 is 0 Å². The summed E-state index contributed by atoms with van der Waals surface area (Å²) in [7, 11) is 0. The molecule has 0 bridgehead atoms. The first-order valence-electron chi connectivity index (χ1n) is 6.55. The Morgan fingerprint density at radius 3 is 3.00 bits per heavy atom. The molecule has 17 heavy (non-hydrogen) atoms. The first-order valence-corrected chi connectivity index (χ1v) is 7.35. The van der Waals surface area contributed by atoms with Crippen molar-refractivity contribution in [2.75, 3.05) is 13.1 Å². The molecule has 2 nitrogen and oxygen atoms in total. The van der Waals surface area contributed by atoms with E-state index in [-0.39, 0.29) is 0 Å². The predicted molar refractivity (Wildman–Crippen MR) is 74.0 cm³/mol. The van der Waals surface area contributed by atoms with Gasteiger partial charge in [-0.1, -0.05) is 34.1 Å². The molecule has 2 saturated heterocycles. The fourth-order valence-corrected chi connectivity index (χ4v) is 3.63. The summed E-state index contributed by atoms with van der Waals surface area (Å²) >= 11 is 3.61. The Labute approximate surface area is 112 Å². The lowest BCUT2D eigenvalue weighted by Crippen LogP contribution is -2.38. The minimum atomic E-state index is 0.699. The average Bonchev–Trinajstić information content (AvgIpc) is 2.91. The molecule has 0 aliphatic carbocycles. The van der Waals surface area contributed by atoms with Crippen LogP contribution in [0.5, 0.6) is 0 Å². The Bertz CT molecular complexity index is 394. The van der Waals surface area contributed by atoms with E-state index in [1.165, 1.54) is 42.4 Å². The summed E-state index contributed by atoms with van der Waals surface area (Å²) < 4.78 is 1.22. The zero-order valence-corrected chi connectivity index (χ0v) is 11.6. The van der Waals surface area contributed by atoms with Crippen LogP contribution < -0.4 is 5.32 Å². The quantitative estimate of drug-likeness (QED) is 0.922. The van der Waals surface area contributed by atoms with Gasteiger partial charge in [-0.15, -0.1) is 0 Å². The van der Waals surface area contributed by atoms with Gasteiger partial charge in [-0.3, -0.25) is 4.90 Å². The van der Waals surface area contributed by atoms with Crippen LogP contribution in [0.3, 0.4) is 0 Å². The van der Waals surface area contributed by atoms with E-state index in [4.69, 9.17) is 0 Å². The molecule has 0 saturated carbocycles. The molecule has 0 radical (unpaired) electrons. The van der Waals surface area contributed by atoms with Crippen LogP contribution >= 0.6 is 15.9 Å². The van der Waals surface area contributed by atoms with Gasteiger partial charge in [0.05, 0.1) is 0 Å². The van der Waals surface area contributed by atoms with Gasteiger partial charge in [-0.25, -0.2) is 0 Å². The Morgan fingerprint density at radius 2 is 2.12 bits per heavy atom. The van der Waals surface area contributed by atoms with E-state index in [2.05, 4.69) is 50.4 Å². The van der Waals surface area contributed by atoms with Gasteiger partial charge in [-0.2, -0.15) is 0 Å². The summed E-state index contributed by atoms with van der Waals surface area (Å²) in [6.45, 7) is 3.59. The first kappa shape index (κ1) is 11.7. The minimum absolute atomic E-state index is 0.699. The van der Waals surface area contributed by atoms with Gasteiger partial charge in [0.1, 0.15) is 0 Å². The molecule has 1 aromatic carbocycles. The second-order valence-electron chi connectivity index (χ2n) is 5.11. The summed E-state index contributed by atoms with van der Waals surface area (Å²) in [5.41, 5.74) is 1.36. The van der Waals surface area contributed by atoms with Gasteiger partial charge in [0.15, 0.2) is 0 Å². The fourth-order valence-electron chi connectivity index (χ4n) is 3.20. The number of rotatable bonds is 3. The van der Waals surface area contributed by atoms with Crippen molar-refractivity contribution in [3.63, 3.8) is 0 Å². The van der Waals surface area contributed by atoms with E-state index in [1.54, 1.807) is 0 Å². The average molecular weight is 295 g/mol. The van der Waals surface area contributed by atoms with Crippen LogP contribution in [0.2, 0.25) is 0 Å². The van der Waals surface area contributed by atoms with Crippen molar-refractivity contribution in [1.82, 2.24) is 10.2 Å². The van der Waals surface area contributed by atoms with Crippen molar-refractivity contribution in [2.45, 2.75) is 37.9 Å². The maximum Gasteiger partial charge on any atom is 0.0250 e. The number of hydrogen-bond acceptors (Lipinski definition) is 2. The Morgan fingerprint density at radius 1 is 1.24 bits per heavy atom. The molecule has 3 rings (SSSR count). The van der Waals surface area contributed by atoms with E-state index in [0.29, 0.717) is 6.04 Å². The minimum Gasteiger partial charge on any atom is -0.308 e. The van der Waals surface area contributed by atoms with Crippen molar-refractivity contribution in [1.29, 1.82) is 0 Å². The third kappa shape index (κ3) is 2.42. The van der Waals surface area contributed by atoms with Gasteiger partial charge < -0.3 is 5.32 Å². The van der Waals surface area contributed by atoms with E-state index < -0.39 is 0 Å². The molecule has 1 N–H and O–H groups in total. The topological polar surface area (TPSA) is 15.3 Å². The fraction of sp³-hybridized carbons (Fsp3) is 0.571. The largest absolute Gasteiger partial charge is 0.308 e. The lowest BCUT2D eigenvalue weighted by atomic mass is 10.1. The van der Waals surface area contributed by atoms with Crippen LogP contribution in [0.15, 0.2) is 28.7 Å². The van der Waals surface area contributed by atoms with Crippen LogP contribution in [0, 0.1) is 0 Å². The zero-order valence-electron chi connectivity index (χ0n) is 10.0. The number of halogens is 1. The van der Waals surface area contributed by atoms with E-state index in [0.717, 1.165) is 12.6 Å². The van der Waals surface area contributed by atoms with Crippen LogP contribution in [0.4, 0.5) is 0 Å². The van der Waals surface area contributed by atoms with Crippen molar-refractivity contribution >= 4 is 15.9 Å². The summed E-state index contributed by atoms with van der Waals surface area (Å²) in [6.07, 6.45) is 4.08. The van der Waals surface area contributed by atoms with Gasteiger partial charge in [0.25, 0.3) is 0 Å². The molecule has 2 heterocycles. The van der Waals surface area contributed by atoms with Crippen LogP contribution in [-0.4, -0.2) is 30.1 Å². The van der Waals surface area contributed by atoms with Crippen molar-refractivity contribution in [3.05, 3.63) is 34.3 Å². The molecule has 0 amide bonds. The summed E-state index contributed by atoms with van der Waals surface area (Å²) in [5, 5.41) is 3.74. The normalized spacial score (nSPS) is 28.5. The molecule has 2 atom stereocenters. The zero-order chi connectivity index (χ0) is 11.7. The molecular weight excluding hydrogens is 276 g/mol. The van der Waals surface area contributed by atoms with E-state index in [1.807, 2.05) is 0 Å². The maximum absolute atomic E-state index is 3.74. The molecule has 1 aromatic rings. The lowest BCUT2D eigenvalue weighted by Gasteiger charge is -2.21. The molecule has 92 valence electrons.